The van der Waals surface area contributed by atoms with E-state index in [9.17, 15) is 19.8 Å². The number of amides is 1. The highest BCUT2D eigenvalue weighted by molar-refractivity contribution is 5.76. The summed E-state index contributed by atoms with van der Waals surface area (Å²) in [4.78, 5) is 24.4. The molecule has 2 unspecified atom stereocenters. The first kappa shape index (κ1) is 59.6. The molecule has 0 saturated carbocycles. The molecule has 61 heavy (non-hydrogen) atoms. The average Bonchev–Trinajstić information content (AvgIpc) is 3.26. The zero-order valence-electron chi connectivity index (χ0n) is 41.2. The first-order valence-electron chi connectivity index (χ1n) is 27.4. The van der Waals surface area contributed by atoms with E-state index in [2.05, 4.69) is 31.3 Å². The molecule has 0 aromatic heterocycles. The number of aliphatic hydroxyl groups excluding tert-OH is 2. The summed E-state index contributed by atoms with van der Waals surface area (Å²) in [5.41, 5.74) is 0. The molecular formula is C55H107NO5. The second kappa shape index (κ2) is 51.2. The molecule has 0 heterocycles. The molecule has 0 aliphatic heterocycles. The van der Waals surface area contributed by atoms with Gasteiger partial charge >= 0.3 is 5.97 Å². The summed E-state index contributed by atoms with van der Waals surface area (Å²) in [6, 6.07) is -0.541. The van der Waals surface area contributed by atoms with Crippen molar-refractivity contribution >= 4 is 11.9 Å². The van der Waals surface area contributed by atoms with Crippen molar-refractivity contribution in [3.05, 3.63) is 12.2 Å². The fourth-order valence-electron chi connectivity index (χ4n) is 8.58. The van der Waals surface area contributed by atoms with Crippen molar-refractivity contribution in [2.24, 2.45) is 0 Å². The molecule has 0 aliphatic carbocycles. The maximum atomic E-state index is 12.4. The summed E-state index contributed by atoms with van der Waals surface area (Å²) in [6.45, 7) is 4.93. The van der Waals surface area contributed by atoms with Crippen molar-refractivity contribution in [1.29, 1.82) is 0 Å². The van der Waals surface area contributed by atoms with Crippen molar-refractivity contribution in [2.45, 2.75) is 315 Å². The van der Waals surface area contributed by atoms with Gasteiger partial charge in [-0.3, -0.25) is 9.59 Å². The zero-order chi connectivity index (χ0) is 44.4. The lowest BCUT2D eigenvalue weighted by molar-refractivity contribution is -0.143. The van der Waals surface area contributed by atoms with Gasteiger partial charge in [-0.05, 0) is 51.4 Å². The lowest BCUT2D eigenvalue weighted by Gasteiger charge is -2.22. The van der Waals surface area contributed by atoms with E-state index in [-0.39, 0.29) is 18.5 Å². The monoisotopic (exact) mass is 862 g/mol. The maximum absolute atomic E-state index is 12.4. The number of ether oxygens (including phenoxy) is 1. The van der Waals surface area contributed by atoms with Gasteiger partial charge in [0.1, 0.15) is 0 Å². The standard InChI is InChI=1S/C55H107NO5/c1-3-5-7-9-11-13-15-16-22-26-29-33-37-41-45-49-55(60)61-50-46-42-38-34-30-27-24-21-19-17-18-20-23-25-28-32-36-40-44-48-54(59)56-52(51-57)53(58)47-43-39-35-31-14-12-10-8-6-4-2/h16,22,52-53,57-58H,3-15,17-21,23-51H2,1-2H3,(H,56,59)/b22-16-. The minimum Gasteiger partial charge on any atom is -0.466 e. The molecule has 3 N–H and O–H groups in total. The number of aliphatic hydroxyl groups is 2. The van der Waals surface area contributed by atoms with Crippen LogP contribution >= 0.6 is 0 Å². The topological polar surface area (TPSA) is 95.9 Å². The SMILES string of the molecule is CCCCCCCC/C=C\CCCCCCCC(=O)OCCCCCCCCCCCCCCCCCCCCCC(=O)NC(CO)C(O)CCCCCCCCCCCC. The summed E-state index contributed by atoms with van der Waals surface area (Å²) in [6.07, 6.45) is 59.1. The minimum absolute atomic E-state index is 0.00127. The molecule has 0 aromatic rings. The van der Waals surface area contributed by atoms with E-state index >= 15 is 0 Å². The second-order valence-electron chi connectivity index (χ2n) is 18.9. The fourth-order valence-corrected chi connectivity index (χ4v) is 8.58. The number of unbranched alkanes of at least 4 members (excludes halogenated alkanes) is 38. The van der Waals surface area contributed by atoms with Crippen LogP contribution in [0.4, 0.5) is 0 Å². The van der Waals surface area contributed by atoms with E-state index in [1.165, 1.54) is 225 Å². The summed E-state index contributed by atoms with van der Waals surface area (Å²) < 4.78 is 5.47. The van der Waals surface area contributed by atoms with Crippen molar-refractivity contribution in [3.63, 3.8) is 0 Å². The summed E-state index contributed by atoms with van der Waals surface area (Å²) in [5.74, 6) is -0.0377. The molecule has 0 rings (SSSR count). The molecule has 362 valence electrons. The molecule has 0 aromatic carbocycles. The molecular weight excluding hydrogens is 755 g/mol. The molecule has 0 radical (unpaired) electrons. The Balaban J connectivity index is 3.37. The largest absolute Gasteiger partial charge is 0.466 e. The van der Waals surface area contributed by atoms with Crippen LogP contribution in [0.2, 0.25) is 0 Å². The number of carbonyl (C=O) groups is 2. The number of rotatable bonds is 51. The number of esters is 1. The predicted molar refractivity (Wildman–Crippen MR) is 264 cm³/mol. The normalized spacial score (nSPS) is 12.7. The van der Waals surface area contributed by atoms with Crippen molar-refractivity contribution < 1.29 is 24.5 Å². The Morgan fingerprint density at radius 3 is 1.16 bits per heavy atom. The smallest absolute Gasteiger partial charge is 0.305 e. The van der Waals surface area contributed by atoms with Crippen LogP contribution in [-0.2, 0) is 14.3 Å². The number of hydrogen-bond acceptors (Lipinski definition) is 5. The Kier molecular flexibility index (Phi) is 50.1. The van der Waals surface area contributed by atoms with E-state index < -0.39 is 12.1 Å². The third-order valence-corrected chi connectivity index (χ3v) is 12.8. The van der Waals surface area contributed by atoms with Gasteiger partial charge in [-0.1, -0.05) is 251 Å². The van der Waals surface area contributed by atoms with Gasteiger partial charge in [0, 0.05) is 12.8 Å². The lowest BCUT2D eigenvalue weighted by Crippen LogP contribution is -2.45. The molecule has 1 amide bonds. The summed E-state index contributed by atoms with van der Waals surface area (Å²) in [5, 5.41) is 23.1. The Morgan fingerprint density at radius 2 is 0.770 bits per heavy atom. The molecule has 0 bridgehead atoms. The molecule has 0 spiro atoms. The Hall–Kier alpha value is -1.40. The molecule has 0 fully saturated rings. The van der Waals surface area contributed by atoms with Gasteiger partial charge in [-0.25, -0.2) is 0 Å². The highest BCUT2D eigenvalue weighted by Crippen LogP contribution is 2.17. The van der Waals surface area contributed by atoms with E-state index in [4.69, 9.17) is 4.74 Å². The summed E-state index contributed by atoms with van der Waals surface area (Å²) in [7, 11) is 0. The van der Waals surface area contributed by atoms with Crippen molar-refractivity contribution in [2.75, 3.05) is 13.2 Å². The van der Waals surface area contributed by atoms with Crippen LogP contribution in [0.15, 0.2) is 12.2 Å². The molecule has 6 nitrogen and oxygen atoms in total. The van der Waals surface area contributed by atoms with Gasteiger partial charge in [0.2, 0.25) is 5.91 Å². The van der Waals surface area contributed by atoms with E-state index in [0.717, 1.165) is 44.9 Å². The molecule has 2 atom stereocenters. The van der Waals surface area contributed by atoms with Crippen LogP contribution < -0.4 is 5.32 Å². The zero-order valence-corrected chi connectivity index (χ0v) is 41.2. The highest BCUT2D eigenvalue weighted by atomic mass is 16.5. The number of carbonyl (C=O) groups excluding carboxylic acids is 2. The first-order chi connectivity index (χ1) is 30.0. The minimum atomic E-state index is -0.663. The van der Waals surface area contributed by atoms with Crippen LogP contribution in [0, 0.1) is 0 Å². The highest BCUT2D eigenvalue weighted by Gasteiger charge is 2.20. The van der Waals surface area contributed by atoms with Crippen LogP contribution in [0.25, 0.3) is 0 Å². The van der Waals surface area contributed by atoms with E-state index in [1.54, 1.807) is 0 Å². The van der Waals surface area contributed by atoms with Crippen LogP contribution in [0.3, 0.4) is 0 Å². The van der Waals surface area contributed by atoms with E-state index in [1.807, 2.05) is 0 Å². The number of nitrogens with one attached hydrogen (secondary N) is 1. The predicted octanol–water partition coefficient (Wildman–Crippen LogP) is 16.5. The third kappa shape index (κ3) is 47.9. The Bertz CT molecular complexity index is 909. The lowest BCUT2D eigenvalue weighted by atomic mass is 10.0. The third-order valence-electron chi connectivity index (χ3n) is 12.8. The van der Waals surface area contributed by atoms with Gasteiger partial charge < -0.3 is 20.3 Å². The van der Waals surface area contributed by atoms with Gasteiger partial charge in [0.15, 0.2) is 0 Å². The number of hydrogen-bond donors (Lipinski definition) is 3. The Morgan fingerprint density at radius 1 is 0.443 bits per heavy atom. The molecule has 6 heteroatoms. The van der Waals surface area contributed by atoms with Gasteiger partial charge in [-0.2, -0.15) is 0 Å². The fraction of sp³-hybridized carbons (Fsp3) is 0.927. The quantitative estimate of drug-likeness (QED) is 0.0322. The first-order valence-corrected chi connectivity index (χ1v) is 27.4. The summed E-state index contributed by atoms with van der Waals surface area (Å²) >= 11 is 0. The van der Waals surface area contributed by atoms with Crippen LogP contribution in [-0.4, -0.2) is 47.4 Å². The number of allylic oxidation sites excluding steroid dienone is 2. The van der Waals surface area contributed by atoms with Crippen LogP contribution in [0.5, 0.6) is 0 Å². The van der Waals surface area contributed by atoms with Gasteiger partial charge in [0.25, 0.3) is 0 Å². The Labute approximate surface area is 380 Å². The molecule has 0 saturated heterocycles. The van der Waals surface area contributed by atoms with Crippen molar-refractivity contribution in [3.8, 4) is 0 Å². The van der Waals surface area contributed by atoms with E-state index in [0.29, 0.717) is 25.9 Å². The van der Waals surface area contributed by atoms with Gasteiger partial charge in [0.05, 0.1) is 25.4 Å². The van der Waals surface area contributed by atoms with Crippen LogP contribution in [0.1, 0.15) is 303 Å². The maximum Gasteiger partial charge on any atom is 0.305 e. The second-order valence-corrected chi connectivity index (χ2v) is 18.9. The molecule has 0 aliphatic rings. The average molecular weight is 862 g/mol. The van der Waals surface area contributed by atoms with Gasteiger partial charge in [-0.15, -0.1) is 0 Å². The van der Waals surface area contributed by atoms with Crippen molar-refractivity contribution in [1.82, 2.24) is 5.32 Å².